The van der Waals surface area contributed by atoms with E-state index in [1.807, 2.05) is 11.7 Å². The van der Waals surface area contributed by atoms with Gasteiger partial charge in [0.15, 0.2) is 0 Å². The van der Waals surface area contributed by atoms with Gasteiger partial charge in [0, 0.05) is 26.6 Å². The summed E-state index contributed by atoms with van der Waals surface area (Å²) in [5, 5.41) is 8.13. The molecule has 0 aliphatic heterocycles. The fourth-order valence-electron chi connectivity index (χ4n) is 2.72. The first-order chi connectivity index (χ1) is 9.46. The number of hydrogen-bond donors (Lipinski definition) is 1. The molecule has 1 N–H and O–H groups in total. The van der Waals surface area contributed by atoms with Crippen LogP contribution in [0.4, 0.5) is 0 Å². The van der Waals surface area contributed by atoms with Crippen LogP contribution in [0.15, 0.2) is 4.47 Å². The van der Waals surface area contributed by atoms with Crippen molar-refractivity contribution >= 4 is 15.9 Å². The zero-order chi connectivity index (χ0) is 15.3. The van der Waals surface area contributed by atoms with Gasteiger partial charge in [0.25, 0.3) is 0 Å². The molecule has 0 bridgehead atoms. The molecule has 4 nitrogen and oxygen atoms in total. The second kappa shape index (κ2) is 8.15. The molecular weight excluding hydrogens is 318 g/mol. The van der Waals surface area contributed by atoms with E-state index in [0.29, 0.717) is 12.0 Å². The lowest BCUT2D eigenvalue weighted by molar-refractivity contribution is 0.0331. The summed E-state index contributed by atoms with van der Waals surface area (Å²) in [6, 6.07) is 0.293. The van der Waals surface area contributed by atoms with Crippen LogP contribution in [0.1, 0.15) is 39.1 Å². The Morgan fingerprint density at radius 2 is 2.00 bits per heavy atom. The molecule has 0 aliphatic carbocycles. The molecule has 5 heteroatoms. The number of likely N-dealkylation sites (N-methyl/N-ethyl adjacent to an activating group) is 1. The number of aromatic nitrogens is 2. The first-order valence-electron chi connectivity index (χ1n) is 7.42. The Morgan fingerprint density at radius 1 is 1.35 bits per heavy atom. The molecular formula is C15H28BrN3O. The fraction of sp³-hybridized carbons (Fsp3) is 0.800. The summed E-state index contributed by atoms with van der Waals surface area (Å²) in [5.74, 6) is 0.474. The summed E-state index contributed by atoms with van der Waals surface area (Å²) in [6.07, 6.45) is 2.05. The molecule has 1 aromatic rings. The summed E-state index contributed by atoms with van der Waals surface area (Å²) < 4.78 is 8.83. The molecule has 1 rings (SSSR count). The molecule has 116 valence electrons. The van der Waals surface area contributed by atoms with Crippen LogP contribution in [-0.4, -0.2) is 35.6 Å². The van der Waals surface area contributed by atoms with Gasteiger partial charge >= 0.3 is 0 Å². The lowest BCUT2D eigenvalue weighted by atomic mass is 9.95. The quantitative estimate of drug-likeness (QED) is 0.787. The average Bonchev–Trinajstić information content (AvgIpc) is 2.66. The van der Waals surface area contributed by atoms with Crippen molar-refractivity contribution in [1.82, 2.24) is 15.1 Å². The van der Waals surface area contributed by atoms with Crippen molar-refractivity contribution in [2.24, 2.45) is 13.0 Å². The Balaban J connectivity index is 2.98. The lowest BCUT2D eigenvalue weighted by Gasteiger charge is -2.29. The Bertz CT molecular complexity index is 417. The molecule has 2 unspecified atom stereocenters. The van der Waals surface area contributed by atoms with Crippen molar-refractivity contribution in [3.05, 3.63) is 15.9 Å². The third kappa shape index (κ3) is 4.06. The molecule has 20 heavy (non-hydrogen) atoms. The van der Waals surface area contributed by atoms with E-state index in [9.17, 15) is 0 Å². The fourth-order valence-corrected chi connectivity index (χ4v) is 3.50. The summed E-state index contributed by atoms with van der Waals surface area (Å²) >= 11 is 3.70. The minimum Gasteiger partial charge on any atom is -0.380 e. The highest BCUT2D eigenvalue weighted by Gasteiger charge is 2.26. The SMILES string of the molecule is CCNC(Cc1c(Br)c(CC)nn1C)C(OC)C(C)C. The van der Waals surface area contributed by atoms with E-state index in [0.717, 1.165) is 29.6 Å². The number of hydrogen-bond acceptors (Lipinski definition) is 3. The van der Waals surface area contributed by atoms with Crippen molar-refractivity contribution in [2.45, 2.75) is 52.7 Å². The monoisotopic (exact) mass is 345 g/mol. The first-order valence-corrected chi connectivity index (χ1v) is 8.21. The summed E-state index contributed by atoms with van der Waals surface area (Å²) in [7, 11) is 3.81. The predicted octanol–water partition coefficient (Wildman–Crippen LogP) is 2.94. The Hall–Kier alpha value is -0.390. The van der Waals surface area contributed by atoms with Gasteiger partial charge in [-0.15, -0.1) is 0 Å². The van der Waals surface area contributed by atoms with Crippen molar-refractivity contribution in [2.75, 3.05) is 13.7 Å². The maximum atomic E-state index is 5.70. The van der Waals surface area contributed by atoms with Gasteiger partial charge in [0.05, 0.1) is 22.0 Å². The number of rotatable bonds is 8. The Morgan fingerprint density at radius 3 is 2.40 bits per heavy atom. The smallest absolute Gasteiger partial charge is 0.0766 e. The second-order valence-electron chi connectivity index (χ2n) is 5.50. The van der Waals surface area contributed by atoms with E-state index in [-0.39, 0.29) is 6.10 Å². The maximum absolute atomic E-state index is 5.70. The number of ether oxygens (including phenoxy) is 1. The standard InChI is InChI=1S/C15H28BrN3O/c1-7-11-14(16)13(19(5)18-11)9-12(17-8-2)15(20-6)10(3)4/h10,12,15,17H,7-9H2,1-6H3. The first kappa shape index (κ1) is 17.7. The third-order valence-electron chi connectivity index (χ3n) is 3.71. The van der Waals surface area contributed by atoms with Crippen molar-refractivity contribution in [3.63, 3.8) is 0 Å². The molecule has 0 saturated heterocycles. The molecule has 0 fully saturated rings. The minimum atomic E-state index is 0.196. The number of nitrogens with one attached hydrogen (secondary N) is 1. The Labute approximate surface area is 131 Å². The number of halogens is 1. The Kier molecular flexibility index (Phi) is 7.20. The molecule has 1 aromatic heterocycles. The number of aryl methyl sites for hydroxylation is 2. The molecule has 0 aromatic carbocycles. The van der Waals surface area contributed by atoms with E-state index in [2.05, 4.69) is 54.0 Å². The minimum absolute atomic E-state index is 0.196. The van der Waals surface area contributed by atoms with Gasteiger partial charge in [-0.05, 0) is 34.8 Å². The van der Waals surface area contributed by atoms with Crippen molar-refractivity contribution in [3.8, 4) is 0 Å². The third-order valence-corrected chi connectivity index (χ3v) is 4.62. The lowest BCUT2D eigenvalue weighted by Crippen LogP contribution is -2.45. The van der Waals surface area contributed by atoms with Crippen molar-refractivity contribution in [1.29, 1.82) is 0 Å². The summed E-state index contributed by atoms with van der Waals surface area (Å²) in [6.45, 7) is 9.61. The summed E-state index contributed by atoms with van der Waals surface area (Å²) in [4.78, 5) is 0. The molecule has 0 amide bonds. The van der Waals surface area contributed by atoms with Gasteiger partial charge in [-0.25, -0.2) is 0 Å². The van der Waals surface area contributed by atoms with Crippen LogP contribution in [0.3, 0.4) is 0 Å². The number of methoxy groups -OCH3 is 1. The van der Waals surface area contributed by atoms with Crippen LogP contribution in [0.5, 0.6) is 0 Å². The van der Waals surface area contributed by atoms with Crippen LogP contribution < -0.4 is 5.32 Å². The van der Waals surface area contributed by atoms with Gasteiger partial charge in [-0.2, -0.15) is 5.10 Å². The second-order valence-corrected chi connectivity index (χ2v) is 6.29. The molecule has 0 radical (unpaired) electrons. The normalized spacial score (nSPS) is 14.8. The molecule has 2 atom stereocenters. The molecule has 1 heterocycles. The van der Waals surface area contributed by atoms with Gasteiger partial charge in [-0.1, -0.05) is 27.7 Å². The van der Waals surface area contributed by atoms with Crippen LogP contribution in [-0.2, 0) is 24.6 Å². The highest BCUT2D eigenvalue weighted by Crippen LogP contribution is 2.24. The van der Waals surface area contributed by atoms with Gasteiger partial charge < -0.3 is 10.1 Å². The van der Waals surface area contributed by atoms with E-state index in [4.69, 9.17) is 4.74 Å². The molecule has 0 aliphatic rings. The average molecular weight is 346 g/mol. The van der Waals surface area contributed by atoms with E-state index in [1.54, 1.807) is 7.11 Å². The van der Waals surface area contributed by atoms with Crippen LogP contribution in [0.2, 0.25) is 0 Å². The highest BCUT2D eigenvalue weighted by molar-refractivity contribution is 9.10. The molecule has 0 saturated carbocycles. The molecule has 0 spiro atoms. The topological polar surface area (TPSA) is 39.1 Å². The largest absolute Gasteiger partial charge is 0.380 e. The number of nitrogens with zero attached hydrogens (tertiary/aromatic N) is 2. The van der Waals surface area contributed by atoms with Crippen LogP contribution in [0, 0.1) is 5.92 Å². The highest BCUT2D eigenvalue weighted by atomic mass is 79.9. The maximum Gasteiger partial charge on any atom is 0.0766 e. The van der Waals surface area contributed by atoms with Crippen LogP contribution >= 0.6 is 15.9 Å². The van der Waals surface area contributed by atoms with Crippen LogP contribution in [0.25, 0.3) is 0 Å². The van der Waals surface area contributed by atoms with E-state index in [1.165, 1.54) is 5.69 Å². The van der Waals surface area contributed by atoms with Gasteiger partial charge in [0.2, 0.25) is 0 Å². The van der Waals surface area contributed by atoms with Crippen molar-refractivity contribution < 1.29 is 4.74 Å². The van der Waals surface area contributed by atoms with E-state index >= 15 is 0 Å². The van der Waals surface area contributed by atoms with Gasteiger partial charge in [-0.3, -0.25) is 4.68 Å². The van der Waals surface area contributed by atoms with E-state index < -0.39 is 0 Å². The summed E-state index contributed by atoms with van der Waals surface area (Å²) in [5.41, 5.74) is 2.35. The van der Waals surface area contributed by atoms with Gasteiger partial charge in [0.1, 0.15) is 0 Å². The zero-order valence-corrected chi connectivity index (χ0v) is 15.1. The predicted molar refractivity (Wildman–Crippen MR) is 87.1 cm³/mol. The zero-order valence-electron chi connectivity index (χ0n) is 13.5.